The van der Waals surface area contributed by atoms with Gasteiger partial charge in [0, 0.05) is 11.9 Å². The SMILES string of the molecule is COc1ccc(CNc2ccc3ccccc3n2)cc1N. The topological polar surface area (TPSA) is 60.2 Å². The van der Waals surface area contributed by atoms with Gasteiger partial charge in [-0.1, -0.05) is 24.3 Å². The second-order valence-corrected chi connectivity index (χ2v) is 4.82. The van der Waals surface area contributed by atoms with Crippen molar-refractivity contribution in [3.05, 3.63) is 60.2 Å². The molecule has 1 aromatic heterocycles. The molecule has 0 amide bonds. The zero-order chi connectivity index (χ0) is 14.7. The first-order chi connectivity index (χ1) is 10.3. The maximum absolute atomic E-state index is 5.91. The number of ether oxygens (including phenoxy) is 1. The van der Waals surface area contributed by atoms with Gasteiger partial charge in [-0.25, -0.2) is 4.98 Å². The van der Waals surface area contributed by atoms with Crippen molar-refractivity contribution in [3.8, 4) is 5.75 Å². The molecule has 4 heteroatoms. The maximum Gasteiger partial charge on any atom is 0.141 e. The summed E-state index contributed by atoms with van der Waals surface area (Å²) in [6.45, 7) is 0.666. The average molecular weight is 279 g/mol. The molecule has 0 saturated carbocycles. The molecule has 0 radical (unpaired) electrons. The minimum Gasteiger partial charge on any atom is -0.495 e. The quantitative estimate of drug-likeness (QED) is 0.718. The van der Waals surface area contributed by atoms with Gasteiger partial charge in [0.15, 0.2) is 0 Å². The van der Waals surface area contributed by atoms with Gasteiger partial charge in [0.25, 0.3) is 0 Å². The molecule has 3 N–H and O–H groups in total. The summed E-state index contributed by atoms with van der Waals surface area (Å²) in [4.78, 5) is 4.58. The van der Waals surface area contributed by atoms with Crippen LogP contribution in [0.1, 0.15) is 5.56 Å². The van der Waals surface area contributed by atoms with Crippen LogP contribution in [-0.2, 0) is 6.54 Å². The highest BCUT2D eigenvalue weighted by Gasteiger charge is 2.02. The number of methoxy groups -OCH3 is 1. The molecule has 3 aromatic rings. The Labute approximate surface area is 123 Å². The first-order valence-electron chi connectivity index (χ1n) is 6.78. The summed E-state index contributed by atoms with van der Waals surface area (Å²) in [5, 5.41) is 4.45. The zero-order valence-electron chi connectivity index (χ0n) is 11.8. The number of anilines is 2. The van der Waals surface area contributed by atoms with Crippen molar-refractivity contribution < 1.29 is 4.74 Å². The molecular weight excluding hydrogens is 262 g/mol. The van der Waals surface area contributed by atoms with Gasteiger partial charge in [-0.2, -0.15) is 0 Å². The molecule has 3 rings (SSSR count). The van der Waals surface area contributed by atoms with E-state index >= 15 is 0 Å². The third kappa shape index (κ3) is 2.89. The number of fused-ring (bicyclic) bond motifs is 1. The summed E-state index contributed by atoms with van der Waals surface area (Å²) in [7, 11) is 1.61. The summed E-state index contributed by atoms with van der Waals surface area (Å²) < 4.78 is 5.15. The van der Waals surface area contributed by atoms with Gasteiger partial charge in [0.05, 0.1) is 18.3 Å². The summed E-state index contributed by atoms with van der Waals surface area (Å²) in [6.07, 6.45) is 0. The molecular formula is C17H17N3O. The van der Waals surface area contributed by atoms with Gasteiger partial charge in [0.1, 0.15) is 11.6 Å². The van der Waals surface area contributed by atoms with Crippen LogP contribution in [0.2, 0.25) is 0 Å². The predicted octanol–water partition coefficient (Wildman–Crippen LogP) is 3.44. The van der Waals surface area contributed by atoms with Crippen LogP contribution in [0.15, 0.2) is 54.6 Å². The molecule has 0 aliphatic carbocycles. The van der Waals surface area contributed by atoms with Crippen LogP contribution in [0.25, 0.3) is 10.9 Å². The average Bonchev–Trinajstić information content (AvgIpc) is 2.53. The van der Waals surface area contributed by atoms with Crippen molar-refractivity contribution in [3.63, 3.8) is 0 Å². The summed E-state index contributed by atoms with van der Waals surface area (Å²) in [6, 6.07) is 17.9. The minimum atomic E-state index is 0.642. The van der Waals surface area contributed by atoms with E-state index < -0.39 is 0 Å². The third-order valence-corrected chi connectivity index (χ3v) is 3.37. The Morgan fingerprint density at radius 2 is 1.95 bits per heavy atom. The number of aromatic nitrogens is 1. The Kier molecular flexibility index (Phi) is 3.60. The fraction of sp³-hybridized carbons (Fsp3) is 0.118. The maximum atomic E-state index is 5.91. The van der Waals surface area contributed by atoms with Gasteiger partial charge >= 0.3 is 0 Å². The number of rotatable bonds is 4. The van der Waals surface area contributed by atoms with Crippen LogP contribution < -0.4 is 15.8 Å². The lowest BCUT2D eigenvalue weighted by atomic mass is 10.2. The van der Waals surface area contributed by atoms with Gasteiger partial charge in [-0.05, 0) is 35.9 Å². The third-order valence-electron chi connectivity index (χ3n) is 3.37. The number of nitrogens with zero attached hydrogens (tertiary/aromatic N) is 1. The van der Waals surface area contributed by atoms with Crippen LogP contribution in [0.5, 0.6) is 5.75 Å². The lowest BCUT2D eigenvalue weighted by Gasteiger charge is -2.09. The Morgan fingerprint density at radius 3 is 2.76 bits per heavy atom. The second kappa shape index (κ2) is 5.71. The van der Waals surface area contributed by atoms with E-state index in [1.165, 1.54) is 0 Å². The highest BCUT2D eigenvalue weighted by molar-refractivity contribution is 5.80. The van der Waals surface area contributed by atoms with Crippen molar-refractivity contribution in [1.29, 1.82) is 0 Å². The Morgan fingerprint density at radius 1 is 1.10 bits per heavy atom. The van der Waals surface area contributed by atoms with E-state index in [4.69, 9.17) is 10.5 Å². The van der Waals surface area contributed by atoms with Crippen LogP contribution in [-0.4, -0.2) is 12.1 Å². The molecule has 0 aliphatic rings. The minimum absolute atomic E-state index is 0.642. The number of hydrogen-bond donors (Lipinski definition) is 2. The number of pyridine rings is 1. The van der Waals surface area contributed by atoms with Crippen LogP contribution in [0.4, 0.5) is 11.5 Å². The molecule has 0 spiro atoms. The first-order valence-corrected chi connectivity index (χ1v) is 6.78. The highest BCUT2D eigenvalue weighted by atomic mass is 16.5. The standard InChI is InChI=1S/C17H17N3O/c1-21-16-8-6-12(10-14(16)18)11-19-17-9-7-13-4-2-3-5-15(13)20-17/h2-10H,11,18H2,1H3,(H,19,20). The van der Waals surface area contributed by atoms with Crippen LogP contribution in [0.3, 0.4) is 0 Å². The van der Waals surface area contributed by atoms with E-state index in [0.29, 0.717) is 18.0 Å². The summed E-state index contributed by atoms with van der Waals surface area (Å²) in [5.41, 5.74) is 8.62. The smallest absolute Gasteiger partial charge is 0.141 e. The van der Waals surface area contributed by atoms with E-state index in [0.717, 1.165) is 22.3 Å². The Hall–Kier alpha value is -2.75. The summed E-state index contributed by atoms with van der Waals surface area (Å²) in [5.74, 6) is 1.55. The lowest BCUT2D eigenvalue weighted by molar-refractivity contribution is 0.417. The normalized spacial score (nSPS) is 10.5. The van der Waals surface area contributed by atoms with Gasteiger partial charge in [-0.15, -0.1) is 0 Å². The molecule has 0 bridgehead atoms. The number of para-hydroxylation sites is 1. The number of nitrogens with one attached hydrogen (secondary N) is 1. The molecule has 2 aromatic carbocycles. The van der Waals surface area contributed by atoms with Crippen molar-refractivity contribution in [1.82, 2.24) is 4.98 Å². The highest BCUT2D eigenvalue weighted by Crippen LogP contribution is 2.22. The molecule has 0 unspecified atom stereocenters. The first kappa shape index (κ1) is 13.2. The van der Waals surface area contributed by atoms with E-state index in [-0.39, 0.29) is 0 Å². The largest absolute Gasteiger partial charge is 0.495 e. The Balaban J connectivity index is 1.75. The van der Waals surface area contributed by atoms with Crippen molar-refractivity contribution in [2.75, 3.05) is 18.2 Å². The van der Waals surface area contributed by atoms with Crippen LogP contribution in [0, 0.1) is 0 Å². The van der Waals surface area contributed by atoms with E-state index in [9.17, 15) is 0 Å². The van der Waals surface area contributed by atoms with Crippen LogP contribution >= 0.6 is 0 Å². The van der Waals surface area contributed by atoms with Crippen molar-refractivity contribution >= 4 is 22.4 Å². The molecule has 4 nitrogen and oxygen atoms in total. The van der Waals surface area contributed by atoms with Gasteiger partial charge in [-0.3, -0.25) is 0 Å². The number of nitrogen functional groups attached to an aromatic ring is 1. The number of benzene rings is 2. The molecule has 21 heavy (non-hydrogen) atoms. The molecule has 0 saturated heterocycles. The molecule has 1 heterocycles. The molecule has 106 valence electrons. The van der Waals surface area contributed by atoms with E-state index in [1.807, 2.05) is 42.5 Å². The molecule has 0 aliphatic heterocycles. The molecule has 0 fully saturated rings. The molecule has 0 atom stereocenters. The Bertz CT molecular complexity index is 771. The predicted molar refractivity (Wildman–Crippen MR) is 86.5 cm³/mol. The fourth-order valence-electron chi connectivity index (χ4n) is 2.25. The van der Waals surface area contributed by atoms with Crippen molar-refractivity contribution in [2.24, 2.45) is 0 Å². The van der Waals surface area contributed by atoms with E-state index in [2.05, 4.69) is 22.4 Å². The zero-order valence-corrected chi connectivity index (χ0v) is 11.8. The van der Waals surface area contributed by atoms with E-state index in [1.54, 1.807) is 7.11 Å². The number of nitrogens with two attached hydrogens (primary N) is 1. The number of hydrogen-bond acceptors (Lipinski definition) is 4. The van der Waals surface area contributed by atoms with Gasteiger partial charge in [0.2, 0.25) is 0 Å². The lowest BCUT2D eigenvalue weighted by Crippen LogP contribution is -2.02. The van der Waals surface area contributed by atoms with Crippen molar-refractivity contribution in [2.45, 2.75) is 6.54 Å². The van der Waals surface area contributed by atoms with Gasteiger partial charge < -0.3 is 15.8 Å². The monoisotopic (exact) mass is 279 g/mol. The second-order valence-electron chi connectivity index (χ2n) is 4.82. The summed E-state index contributed by atoms with van der Waals surface area (Å²) >= 11 is 0. The fourth-order valence-corrected chi connectivity index (χ4v) is 2.25.